The smallest absolute Gasteiger partial charge is 0.333 e. The van der Waals surface area contributed by atoms with Gasteiger partial charge in [-0.05, 0) is 13.3 Å². The number of rotatable bonds is 4. The minimum Gasteiger partial charge on any atom is -0.479 e. The standard InChI is InChI=1S/C8H14O4/c1-2-12-7(8(9)10)6-3-4-11-5-6/h6-7H,2-5H2,1H3,(H,9,10)/t6-,7+/m1/s1. The van der Waals surface area contributed by atoms with E-state index in [2.05, 4.69) is 0 Å². The molecular weight excluding hydrogens is 160 g/mol. The lowest BCUT2D eigenvalue weighted by molar-refractivity contribution is -0.154. The molecule has 1 aliphatic heterocycles. The lowest BCUT2D eigenvalue weighted by Gasteiger charge is -2.17. The molecule has 0 unspecified atom stereocenters. The summed E-state index contributed by atoms with van der Waals surface area (Å²) in [4.78, 5) is 10.7. The van der Waals surface area contributed by atoms with Crippen molar-refractivity contribution in [1.82, 2.24) is 0 Å². The molecule has 1 fully saturated rings. The molecule has 12 heavy (non-hydrogen) atoms. The summed E-state index contributed by atoms with van der Waals surface area (Å²) in [6.45, 7) is 3.40. The maximum atomic E-state index is 10.7. The molecule has 0 saturated carbocycles. The van der Waals surface area contributed by atoms with Crippen LogP contribution in [0.15, 0.2) is 0 Å². The fourth-order valence-corrected chi connectivity index (χ4v) is 1.38. The van der Waals surface area contributed by atoms with Crippen LogP contribution in [0.4, 0.5) is 0 Å². The van der Waals surface area contributed by atoms with Crippen molar-refractivity contribution in [3.63, 3.8) is 0 Å². The maximum Gasteiger partial charge on any atom is 0.333 e. The maximum absolute atomic E-state index is 10.7. The van der Waals surface area contributed by atoms with Crippen LogP contribution >= 0.6 is 0 Å². The lowest BCUT2D eigenvalue weighted by atomic mass is 10.0. The third-order valence-electron chi connectivity index (χ3n) is 1.98. The van der Waals surface area contributed by atoms with Crippen molar-refractivity contribution in [2.75, 3.05) is 19.8 Å². The zero-order valence-electron chi connectivity index (χ0n) is 7.16. The Kier molecular flexibility index (Phi) is 3.49. The predicted molar refractivity (Wildman–Crippen MR) is 42.0 cm³/mol. The first-order chi connectivity index (χ1) is 5.75. The SMILES string of the molecule is CCO[C@H](C(=O)O)[C@@H]1CCOC1. The topological polar surface area (TPSA) is 55.8 Å². The van der Waals surface area contributed by atoms with Crippen molar-refractivity contribution in [2.24, 2.45) is 5.92 Å². The summed E-state index contributed by atoms with van der Waals surface area (Å²) >= 11 is 0. The van der Waals surface area contributed by atoms with Gasteiger partial charge in [0.25, 0.3) is 0 Å². The normalized spacial score (nSPS) is 25.6. The molecule has 1 heterocycles. The largest absolute Gasteiger partial charge is 0.479 e. The van der Waals surface area contributed by atoms with Crippen molar-refractivity contribution < 1.29 is 19.4 Å². The molecule has 1 N–H and O–H groups in total. The van der Waals surface area contributed by atoms with E-state index in [1.807, 2.05) is 0 Å². The fourth-order valence-electron chi connectivity index (χ4n) is 1.38. The lowest BCUT2D eigenvalue weighted by Crippen LogP contribution is -2.32. The highest BCUT2D eigenvalue weighted by Gasteiger charge is 2.31. The summed E-state index contributed by atoms with van der Waals surface area (Å²) in [5, 5.41) is 8.78. The van der Waals surface area contributed by atoms with E-state index in [4.69, 9.17) is 14.6 Å². The zero-order chi connectivity index (χ0) is 8.97. The molecule has 0 aromatic rings. The predicted octanol–water partition coefficient (Wildman–Crippen LogP) is 0.513. The Morgan fingerprint density at radius 3 is 3.00 bits per heavy atom. The van der Waals surface area contributed by atoms with Gasteiger partial charge in [0.05, 0.1) is 6.61 Å². The van der Waals surface area contributed by atoms with Gasteiger partial charge in [-0.2, -0.15) is 0 Å². The van der Waals surface area contributed by atoms with Crippen molar-refractivity contribution in [3.05, 3.63) is 0 Å². The quantitative estimate of drug-likeness (QED) is 0.674. The second-order valence-corrected chi connectivity index (χ2v) is 2.84. The monoisotopic (exact) mass is 174 g/mol. The van der Waals surface area contributed by atoms with E-state index in [1.165, 1.54) is 0 Å². The average Bonchev–Trinajstić information content (AvgIpc) is 2.51. The third-order valence-corrected chi connectivity index (χ3v) is 1.98. The van der Waals surface area contributed by atoms with E-state index in [0.717, 1.165) is 6.42 Å². The molecule has 1 saturated heterocycles. The van der Waals surface area contributed by atoms with Crippen LogP contribution in [0.1, 0.15) is 13.3 Å². The van der Waals surface area contributed by atoms with E-state index >= 15 is 0 Å². The van der Waals surface area contributed by atoms with Crippen LogP contribution < -0.4 is 0 Å². The number of carboxylic acid groups (broad SMARTS) is 1. The van der Waals surface area contributed by atoms with Crippen molar-refractivity contribution in [2.45, 2.75) is 19.4 Å². The molecule has 4 nitrogen and oxygen atoms in total. The van der Waals surface area contributed by atoms with Gasteiger partial charge in [-0.1, -0.05) is 0 Å². The van der Waals surface area contributed by atoms with Gasteiger partial charge in [0.2, 0.25) is 0 Å². The summed E-state index contributed by atoms with van der Waals surface area (Å²) in [5.74, 6) is -0.852. The molecule has 1 aliphatic rings. The molecule has 0 aromatic carbocycles. The van der Waals surface area contributed by atoms with Gasteiger partial charge in [0.15, 0.2) is 6.10 Å². The molecule has 1 rings (SSSR count). The van der Waals surface area contributed by atoms with E-state index in [-0.39, 0.29) is 5.92 Å². The number of aliphatic carboxylic acids is 1. The van der Waals surface area contributed by atoms with Crippen LogP contribution in [-0.4, -0.2) is 37.0 Å². The average molecular weight is 174 g/mol. The first kappa shape index (κ1) is 9.48. The minimum atomic E-state index is -0.882. The highest BCUT2D eigenvalue weighted by atomic mass is 16.5. The molecule has 0 radical (unpaired) electrons. The number of ether oxygens (including phenoxy) is 2. The molecule has 0 amide bonds. The summed E-state index contributed by atoms with van der Waals surface area (Å²) < 4.78 is 10.2. The minimum absolute atomic E-state index is 0.0300. The Balaban J connectivity index is 2.45. The van der Waals surface area contributed by atoms with Crippen molar-refractivity contribution in [1.29, 1.82) is 0 Å². The Bertz CT molecular complexity index is 151. The Morgan fingerprint density at radius 2 is 2.58 bits per heavy atom. The Morgan fingerprint density at radius 1 is 1.83 bits per heavy atom. The van der Waals surface area contributed by atoms with Crippen LogP contribution in [0.5, 0.6) is 0 Å². The number of carboxylic acids is 1. The summed E-state index contributed by atoms with van der Waals surface area (Å²) in [6, 6.07) is 0. The van der Waals surface area contributed by atoms with Gasteiger partial charge < -0.3 is 14.6 Å². The third kappa shape index (κ3) is 2.19. The molecule has 4 heteroatoms. The van der Waals surface area contributed by atoms with Gasteiger partial charge in [-0.15, -0.1) is 0 Å². The van der Waals surface area contributed by atoms with Crippen molar-refractivity contribution >= 4 is 5.97 Å². The van der Waals surface area contributed by atoms with Crippen LogP contribution in [0, 0.1) is 5.92 Å². The Labute approximate surface area is 71.5 Å². The molecular formula is C8H14O4. The molecule has 0 aliphatic carbocycles. The van der Waals surface area contributed by atoms with E-state index in [0.29, 0.717) is 19.8 Å². The van der Waals surface area contributed by atoms with Crippen molar-refractivity contribution in [3.8, 4) is 0 Å². The second kappa shape index (κ2) is 4.42. The molecule has 2 atom stereocenters. The fraction of sp³-hybridized carbons (Fsp3) is 0.875. The second-order valence-electron chi connectivity index (χ2n) is 2.84. The first-order valence-corrected chi connectivity index (χ1v) is 4.18. The van der Waals surface area contributed by atoms with Gasteiger partial charge in [0, 0.05) is 19.1 Å². The number of hydrogen-bond donors (Lipinski definition) is 1. The van der Waals surface area contributed by atoms with Gasteiger partial charge in [-0.25, -0.2) is 4.79 Å². The van der Waals surface area contributed by atoms with Crippen LogP contribution in [0.25, 0.3) is 0 Å². The summed E-state index contributed by atoms with van der Waals surface area (Å²) in [7, 11) is 0. The van der Waals surface area contributed by atoms with E-state index in [9.17, 15) is 4.79 Å². The highest BCUT2D eigenvalue weighted by molar-refractivity contribution is 5.72. The summed E-state index contributed by atoms with van der Waals surface area (Å²) in [5.41, 5.74) is 0. The van der Waals surface area contributed by atoms with Crippen LogP contribution in [-0.2, 0) is 14.3 Å². The van der Waals surface area contributed by atoms with Gasteiger partial charge >= 0.3 is 5.97 Å². The van der Waals surface area contributed by atoms with Gasteiger partial charge in [0.1, 0.15) is 0 Å². The highest BCUT2D eigenvalue weighted by Crippen LogP contribution is 2.19. The number of hydrogen-bond acceptors (Lipinski definition) is 3. The first-order valence-electron chi connectivity index (χ1n) is 4.18. The van der Waals surface area contributed by atoms with E-state index < -0.39 is 12.1 Å². The van der Waals surface area contributed by atoms with E-state index in [1.54, 1.807) is 6.92 Å². The zero-order valence-corrected chi connectivity index (χ0v) is 7.16. The molecule has 0 aromatic heterocycles. The summed E-state index contributed by atoms with van der Waals surface area (Å²) in [6.07, 6.45) is 0.106. The Hall–Kier alpha value is -0.610. The number of carbonyl (C=O) groups is 1. The molecule has 0 spiro atoms. The van der Waals surface area contributed by atoms with Crippen LogP contribution in [0.3, 0.4) is 0 Å². The molecule has 70 valence electrons. The van der Waals surface area contributed by atoms with Gasteiger partial charge in [-0.3, -0.25) is 0 Å². The van der Waals surface area contributed by atoms with Crippen LogP contribution in [0.2, 0.25) is 0 Å². The molecule has 0 bridgehead atoms.